The van der Waals surface area contributed by atoms with Gasteiger partial charge in [-0.1, -0.05) is 0 Å². The van der Waals surface area contributed by atoms with E-state index in [1.54, 1.807) is 12.4 Å². The molecule has 1 aromatic rings. The number of hydrogen-bond donors (Lipinski definition) is 2. The Morgan fingerprint density at radius 2 is 2.33 bits per heavy atom. The van der Waals surface area contributed by atoms with Crippen molar-refractivity contribution in [2.24, 2.45) is 0 Å². The van der Waals surface area contributed by atoms with Gasteiger partial charge in [-0.05, 0) is 40.5 Å². The smallest absolute Gasteiger partial charge is 0.303 e. The summed E-state index contributed by atoms with van der Waals surface area (Å²) in [6.07, 6.45) is 4.38. The Kier molecular flexibility index (Phi) is 5.28. The molecule has 2 N–H and O–H groups in total. The Hall–Kier alpha value is -0.940. The summed E-state index contributed by atoms with van der Waals surface area (Å²) in [5.41, 5.74) is 1.08. The molecule has 0 amide bonds. The molecule has 0 saturated heterocycles. The Bertz CT molecular complexity index is 331. The second kappa shape index (κ2) is 6.53. The van der Waals surface area contributed by atoms with Crippen molar-refractivity contribution in [2.45, 2.75) is 19.4 Å². The molecule has 0 aromatic carbocycles. The van der Waals surface area contributed by atoms with Crippen LogP contribution in [0, 0.1) is 0 Å². The molecule has 0 aliphatic rings. The van der Waals surface area contributed by atoms with Gasteiger partial charge in [0, 0.05) is 29.8 Å². The first-order chi connectivity index (χ1) is 7.18. The largest absolute Gasteiger partial charge is 0.481 e. The molecule has 0 aliphatic heterocycles. The molecule has 1 rings (SSSR count). The highest BCUT2D eigenvalue weighted by atomic mass is 79.9. The summed E-state index contributed by atoms with van der Waals surface area (Å²) in [4.78, 5) is 14.3. The minimum atomic E-state index is -0.749. The van der Waals surface area contributed by atoms with Crippen LogP contribution in [0.5, 0.6) is 0 Å². The number of halogens is 1. The number of carboxylic acids is 1. The Morgan fingerprint density at radius 1 is 1.53 bits per heavy atom. The van der Waals surface area contributed by atoms with E-state index in [2.05, 4.69) is 26.2 Å². The first-order valence-electron chi connectivity index (χ1n) is 4.70. The molecular weight excluding hydrogens is 260 g/mol. The Balaban J connectivity index is 2.17. The number of rotatable bonds is 6. The first-order valence-corrected chi connectivity index (χ1v) is 5.50. The minimum absolute atomic E-state index is 0.212. The number of carboxylic acid groups (broad SMARTS) is 1. The van der Waals surface area contributed by atoms with E-state index < -0.39 is 5.97 Å². The summed E-state index contributed by atoms with van der Waals surface area (Å²) in [7, 11) is 0. The third-order valence-corrected chi connectivity index (χ3v) is 2.27. The summed E-state index contributed by atoms with van der Waals surface area (Å²) in [6, 6.07) is 1.98. The summed E-state index contributed by atoms with van der Waals surface area (Å²) >= 11 is 3.34. The van der Waals surface area contributed by atoms with Gasteiger partial charge in [0.1, 0.15) is 0 Å². The first kappa shape index (κ1) is 12.1. The number of aliphatic carboxylic acids is 1. The zero-order valence-electron chi connectivity index (χ0n) is 8.24. The van der Waals surface area contributed by atoms with Gasteiger partial charge in [-0.2, -0.15) is 0 Å². The molecule has 0 fully saturated rings. The van der Waals surface area contributed by atoms with Crippen LogP contribution in [0.3, 0.4) is 0 Å². The SMILES string of the molecule is O=C(O)CCCNCc1cncc(Br)c1. The molecule has 82 valence electrons. The quantitative estimate of drug-likeness (QED) is 0.776. The topological polar surface area (TPSA) is 62.2 Å². The Morgan fingerprint density at radius 3 is 3.00 bits per heavy atom. The van der Waals surface area contributed by atoms with E-state index in [-0.39, 0.29) is 6.42 Å². The number of carbonyl (C=O) groups is 1. The van der Waals surface area contributed by atoms with Crippen molar-refractivity contribution < 1.29 is 9.90 Å². The fourth-order valence-electron chi connectivity index (χ4n) is 1.15. The molecule has 0 radical (unpaired) electrons. The van der Waals surface area contributed by atoms with Crippen LogP contribution in [0.1, 0.15) is 18.4 Å². The van der Waals surface area contributed by atoms with E-state index in [0.717, 1.165) is 10.0 Å². The van der Waals surface area contributed by atoms with E-state index in [0.29, 0.717) is 19.5 Å². The lowest BCUT2D eigenvalue weighted by Gasteiger charge is -2.03. The molecule has 0 aliphatic carbocycles. The van der Waals surface area contributed by atoms with Crippen LogP contribution in [0.25, 0.3) is 0 Å². The van der Waals surface area contributed by atoms with Crippen LogP contribution in [0.2, 0.25) is 0 Å². The van der Waals surface area contributed by atoms with Crippen LogP contribution in [-0.2, 0) is 11.3 Å². The van der Waals surface area contributed by atoms with Crippen LogP contribution in [-0.4, -0.2) is 22.6 Å². The third kappa shape index (κ3) is 5.49. The van der Waals surface area contributed by atoms with Crippen molar-refractivity contribution in [1.82, 2.24) is 10.3 Å². The zero-order chi connectivity index (χ0) is 11.1. The van der Waals surface area contributed by atoms with E-state index in [9.17, 15) is 4.79 Å². The standard InChI is InChI=1S/C10H13BrN2O2/c11-9-4-8(6-13-7-9)5-12-3-1-2-10(14)15/h4,6-7,12H,1-3,5H2,(H,14,15). The molecule has 1 aromatic heterocycles. The minimum Gasteiger partial charge on any atom is -0.481 e. The maximum Gasteiger partial charge on any atom is 0.303 e. The molecule has 4 nitrogen and oxygen atoms in total. The summed E-state index contributed by atoms with van der Waals surface area (Å²) in [6.45, 7) is 1.42. The van der Waals surface area contributed by atoms with Gasteiger partial charge in [-0.15, -0.1) is 0 Å². The monoisotopic (exact) mass is 272 g/mol. The second-order valence-electron chi connectivity index (χ2n) is 3.19. The van der Waals surface area contributed by atoms with E-state index >= 15 is 0 Å². The summed E-state index contributed by atoms with van der Waals surface area (Å²) < 4.78 is 0.951. The Labute approximate surface area is 96.8 Å². The van der Waals surface area contributed by atoms with Crippen molar-refractivity contribution in [1.29, 1.82) is 0 Å². The number of nitrogens with zero attached hydrogens (tertiary/aromatic N) is 1. The van der Waals surface area contributed by atoms with E-state index in [1.165, 1.54) is 0 Å². The maximum atomic E-state index is 10.2. The van der Waals surface area contributed by atoms with Crippen LogP contribution >= 0.6 is 15.9 Å². The van der Waals surface area contributed by atoms with Gasteiger partial charge < -0.3 is 10.4 Å². The number of pyridine rings is 1. The van der Waals surface area contributed by atoms with Gasteiger partial charge >= 0.3 is 5.97 Å². The molecule has 0 atom stereocenters. The van der Waals surface area contributed by atoms with Crippen LogP contribution in [0.4, 0.5) is 0 Å². The third-order valence-electron chi connectivity index (χ3n) is 1.83. The molecule has 0 saturated carbocycles. The lowest BCUT2D eigenvalue weighted by atomic mass is 10.2. The molecular formula is C10H13BrN2O2. The predicted octanol–water partition coefficient (Wildman–Crippen LogP) is 1.80. The normalized spacial score (nSPS) is 10.2. The van der Waals surface area contributed by atoms with Crippen LogP contribution < -0.4 is 5.32 Å². The lowest BCUT2D eigenvalue weighted by Crippen LogP contribution is -2.15. The molecule has 0 spiro atoms. The highest BCUT2D eigenvalue weighted by Crippen LogP contribution is 2.08. The van der Waals surface area contributed by atoms with Gasteiger partial charge in [0.05, 0.1) is 0 Å². The lowest BCUT2D eigenvalue weighted by molar-refractivity contribution is -0.137. The van der Waals surface area contributed by atoms with E-state index in [1.807, 2.05) is 6.07 Å². The maximum absolute atomic E-state index is 10.2. The summed E-state index contributed by atoms with van der Waals surface area (Å²) in [5.74, 6) is -0.749. The molecule has 0 unspecified atom stereocenters. The van der Waals surface area contributed by atoms with Gasteiger partial charge in [-0.25, -0.2) is 0 Å². The van der Waals surface area contributed by atoms with E-state index in [4.69, 9.17) is 5.11 Å². The van der Waals surface area contributed by atoms with Gasteiger partial charge in [-0.3, -0.25) is 9.78 Å². The van der Waals surface area contributed by atoms with Crippen LogP contribution in [0.15, 0.2) is 22.9 Å². The van der Waals surface area contributed by atoms with Gasteiger partial charge in [0.2, 0.25) is 0 Å². The zero-order valence-corrected chi connectivity index (χ0v) is 9.83. The average Bonchev–Trinajstić information content (AvgIpc) is 2.17. The average molecular weight is 273 g/mol. The van der Waals surface area contributed by atoms with Crippen molar-refractivity contribution in [3.05, 3.63) is 28.5 Å². The number of aromatic nitrogens is 1. The van der Waals surface area contributed by atoms with Crippen molar-refractivity contribution >= 4 is 21.9 Å². The van der Waals surface area contributed by atoms with Gasteiger partial charge in [0.25, 0.3) is 0 Å². The molecule has 15 heavy (non-hydrogen) atoms. The molecule has 5 heteroatoms. The van der Waals surface area contributed by atoms with Crippen molar-refractivity contribution in [2.75, 3.05) is 6.54 Å². The second-order valence-corrected chi connectivity index (χ2v) is 4.10. The van der Waals surface area contributed by atoms with Gasteiger partial charge in [0.15, 0.2) is 0 Å². The fourth-order valence-corrected chi connectivity index (χ4v) is 1.56. The molecule has 0 bridgehead atoms. The van der Waals surface area contributed by atoms with Crippen molar-refractivity contribution in [3.8, 4) is 0 Å². The fraction of sp³-hybridized carbons (Fsp3) is 0.400. The summed E-state index contributed by atoms with van der Waals surface area (Å²) in [5, 5.41) is 11.6. The number of nitrogens with one attached hydrogen (secondary N) is 1. The highest BCUT2D eigenvalue weighted by molar-refractivity contribution is 9.10. The highest BCUT2D eigenvalue weighted by Gasteiger charge is 1.97. The number of hydrogen-bond acceptors (Lipinski definition) is 3. The van der Waals surface area contributed by atoms with Crippen molar-refractivity contribution in [3.63, 3.8) is 0 Å². The predicted molar refractivity (Wildman–Crippen MR) is 60.5 cm³/mol. The molecule has 1 heterocycles.